The smallest absolute Gasteiger partial charge is 0.280 e. The van der Waals surface area contributed by atoms with Gasteiger partial charge in [0.1, 0.15) is 0 Å². The molecule has 0 fully saturated rings. The molecular weight excluding hydrogens is 344 g/mol. The summed E-state index contributed by atoms with van der Waals surface area (Å²) in [6.45, 7) is 1.94. The van der Waals surface area contributed by atoms with Gasteiger partial charge in [-0.05, 0) is 52.2 Å². The largest absolute Gasteiger partial charge is 0.296 e. The highest BCUT2D eigenvalue weighted by atomic mass is 79.9. The number of nitrogens with one attached hydrogen (secondary N) is 1. The van der Waals surface area contributed by atoms with E-state index in [0.29, 0.717) is 16.9 Å². The average molecular weight is 355 g/mol. The molecule has 1 aromatic carbocycles. The van der Waals surface area contributed by atoms with Crippen LogP contribution in [0.15, 0.2) is 52.0 Å². The number of H-pyrrole nitrogens is 1. The molecule has 2 aromatic heterocycles. The van der Waals surface area contributed by atoms with Gasteiger partial charge >= 0.3 is 0 Å². The monoisotopic (exact) mass is 354 g/mol. The molecule has 0 amide bonds. The lowest BCUT2D eigenvalue weighted by atomic mass is 10.1. The van der Waals surface area contributed by atoms with Gasteiger partial charge < -0.3 is 0 Å². The number of hydrogen-bond acceptors (Lipinski definition) is 3. The van der Waals surface area contributed by atoms with Gasteiger partial charge in [0.2, 0.25) is 0 Å². The maximum absolute atomic E-state index is 12.5. The number of hydrogen-bond donors (Lipinski definition) is 1. The predicted octanol–water partition coefficient (Wildman–Crippen LogP) is 3.17. The fourth-order valence-electron chi connectivity index (χ4n) is 2.12. The van der Waals surface area contributed by atoms with Crippen LogP contribution in [-0.4, -0.2) is 14.8 Å². The number of benzene rings is 1. The van der Waals surface area contributed by atoms with Crippen LogP contribution in [0.5, 0.6) is 0 Å². The molecule has 22 heavy (non-hydrogen) atoms. The Morgan fingerprint density at radius 1 is 1.32 bits per heavy atom. The number of rotatable bonds is 2. The van der Waals surface area contributed by atoms with Crippen molar-refractivity contribution in [2.45, 2.75) is 6.92 Å². The summed E-state index contributed by atoms with van der Waals surface area (Å²) in [5, 5.41) is 11.7. The molecule has 0 saturated carbocycles. The van der Waals surface area contributed by atoms with E-state index in [-0.39, 0.29) is 5.56 Å². The summed E-state index contributed by atoms with van der Waals surface area (Å²) >= 11 is 3.39. The third-order valence-corrected chi connectivity index (χ3v) is 4.19. The quantitative estimate of drug-likeness (QED) is 0.767. The lowest BCUT2D eigenvalue weighted by Crippen LogP contribution is -2.17. The van der Waals surface area contributed by atoms with Crippen molar-refractivity contribution >= 4 is 15.9 Å². The fourth-order valence-corrected chi connectivity index (χ4v) is 2.33. The minimum atomic E-state index is -0.182. The van der Waals surface area contributed by atoms with Crippen molar-refractivity contribution in [2.75, 3.05) is 0 Å². The van der Waals surface area contributed by atoms with Gasteiger partial charge in [-0.1, -0.05) is 12.1 Å². The van der Waals surface area contributed by atoms with Crippen LogP contribution >= 0.6 is 15.9 Å². The maximum atomic E-state index is 12.5. The summed E-state index contributed by atoms with van der Waals surface area (Å²) in [6.07, 6.45) is 3.31. The Kier molecular flexibility index (Phi) is 3.65. The number of aromatic nitrogens is 3. The van der Waals surface area contributed by atoms with E-state index < -0.39 is 0 Å². The van der Waals surface area contributed by atoms with Crippen molar-refractivity contribution < 1.29 is 0 Å². The molecule has 0 atom stereocenters. The minimum Gasteiger partial charge on any atom is -0.296 e. The molecular formula is C16H11BrN4O. The molecule has 0 radical (unpaired) electrons. The molecule has 108 valence electrons. The number of aryl methyl sites for hydroxylation is 1. The third-order valence-electron chi connectivity index (χ3n) is 3.36. The average Bonchev–Trinajstić information content (AvgIpc) is 2.92. The van der Waals surface area contributed by atoms with E-state index in [1.807, 2.05) is 13.0 Å². The summed E-state index contributed by atoms with van der Waals surface area (Å²) in [7, 11) is 0. The Morgan fingerprint density at radius 3 is 2.68 bits per heavy atom. The highest BCUT2D eigenvalue weighted by Gasteiger charge is 2.11. The number of pyridine rings is 1. The zero-order valence-electron chi connectivity index (χ0n) is 11.7. The van der Waals surface area contributed by atoms with Gasteiger partial charge in [-0.3, -0.25) is 9.89 Å². The first-order valence-corrected chi connectivity index (χ1v) is 7.33. The van der Waals surface area contributed by atoms with E-state index in [2.05, 4.69) is 32.1 Å². The van der Waals surface area contributed by atoms with Crippen molar-refractivity contribution in [1.29, 1.82) is 5.26 Å². The summed E-state index contributed by atoms with van der Waals surface area (Å²) in [5.41, 5.74) is 2.66. The summed E-state index contributed by atoms with van der Waals surface area (Å²) in [6, 6.07) is 10.8. The Hall–Kier alpha value is -2.65. The first-order valence-electron chi connectivity index (χ1n) is 6.53. The Balaban J connectivity index is 2.06. The number of aromatic amines is 1. The van der Waals surface area contributed by atoms with Crippen LogP contribution in [0.3, 0.4) is 0 Å². The molecule has 0 saturated heterocycles. The molecule has 0 aliphatic carbocycles. The van der Waals surface area contributed by atoms with Gasteiger partial charge in [-0.25, -0.2) is 9.67 Å². The van der Waals surface area contributed by atoms with Crippen LogP contribution in [-0.2, 0) is 0 Å². The molecule has 5 nitrogen and oxygen atoms in total. The highest BCUT2D eigenvalue weighted by Crippen LogP contribution is 2.18. The van der Waals surface area contributed by atoms with Crippen molar-refractivity contribution in [1.82, 2.24) is 14.8 Å². The summed E-state index contributed by atoms with van der Waals surface area (Å²) in [4.78, 5) is 16.8. The SMILES string of the molecule is Cc1cc(-n2[nH]cc(-c3ccc(C#N)cc3)c2=O)ncc1Br. The Labute approximate surface area is 135 Å². The molecule has 3 aromatic rings. The van der Waals surface area contributed by atoms with Crippen LogP contribution in [0.4, 0.5) is 0 Å². The molecule has 2 heterocycles. The van der Waals surface area contributed by atoms with E-state index in [1.54, 1.807) is 36.7 Å². The van der Waals surface area contributed by atoms with Gasteiger partial charge in [0, 0.05) is 16.9 Å². The van der Waals surface area contributed by atoms with Crippen LogP contribution in [0.25, 0.3) is 16.9 Å². The molecule has 0 aliphatic heterocycles. The second kappa shape index (κ2) is 5.62. The van der Waals surface area contributed by atoms with Gasteiger partial charge in [-0.2, -0.15) is 5.26 Å². The van der Waals surface area contributed by atoms with Crippen LogP contribution in [0.2, 0.25) is 0 Å². The lowest BCUT2D eigenvalue weighted by molar-refractivity contribution is 0.816. The first-order chi connectivity index (χ1) is 10.6. The van der Waals surface area contributed by atoms with Crippen LogP contribution in [0, 0.1) is 18.3 Å². The Bertz CT molecular complexity index is 932. The van der Waals surface area contributed by atoms with Gasteiger partial charge in [0.15, 0.2) is 5.82 Å². The van der Waals surface area contributed by atoms with Crippen molar-refractivity contribution in [3.05, 3.63) is 68.7 Å². The molecule has 1 N–H and O–H groups in total. The lowest BCUT2D eigenvalue weighted by Gasteiger charge is -2.03. The molecule has 0 bridgehead atoms. The second-order valence-corrected chi connectivity index (χ2v) is 5.66. The van der Waals surface area contributed by atoms with E-state index in [1.165, 1.54) is 4.68 Å². The second-order valence-electron chi connectivity index (χ2n) is 4.81. The fraction of sp³-hybridized carbons (Fsp3) is 0.0625. The summed E-state index contributed by atoms with van der Waals surface area (Å²) in [5.74, 6) is 0.533. The topological polar surface area (TPSA) is 74.5 Å². The zero-order valence-corrected chi connectivity index (χ0v) is 13.3. The predicted molar refractivity (Wildman–Crippen MR) is 86.8 cm³/mol. The van der Waals surface area contributed by atoms with Gasteiger partial charge in [0.05, 0.1) is 17.2 Å². The Morgan fingerprint density at radius 2 is 2.05 bits per heavy atom. The highest BCUT2D eigenvalue weighted by molar-refractivity contribution is 9.10. The molecule has 3 rings (SSSR count). The maximum Gasteiger partial charge on any atom is 0.280 e. The molecule has 0 unspecified atom stereocenters. The van der Waals surface area contributed by atoms with Crippen LogP contribution in [0.1, 0.15) is 11.1 Å². The van der Waals surface area contributed by atoms with Crippen molar-refractivity contribution in [2.24, 2.45) is 0 Å². The van der Waals surface area contributed by atoms with E-state index in [9.17, 15) is 4.79 Å². The zero-order chi connectivity index (χ0) is 15.7. The van der Waals surface area contributed by atoms with Gasteiger partial charge in [-0.15, -0.1) is 0 Å². The van der Waals surface area contributed by atoms with E-state index in [4.69, 9.17) is 5.26 Å². The third kappa shape index (κ3) is 2.47. The summed E-state index contributed by atoms with van der Waals surface area (Å²) < 4.78 is 2.29. The number of nitriles is 1. The molecule has 6 heteroatoms. The number of halogens is 1. The number of nitrogens with zero attached hydrogens (tertiary/aromatic N) is 3. The van der Waals surface area contributed by atoms with Crippen molar-refractivity contribution in [3.8, 4) is 23.0 Å². The van der Waals surface area contributed by atoms with Crippen LogP contribution < -0.4 is 5.56 Å². The van der Waals surface area contributed by atoms with Crippen molar-refractivity contribution in [3.63, 3.8) is 0 Å². The van der Waals surface area contributed by atoms with E-state index in [0.717, 1.165) is 15.6 Å². The minimum absolute atomic E-state index is 0.182. The van der Waals surface area contributed by atoms with Gasteiger partial charge in [0.25, 0.3) is 5.56 Å². The molecule has 0 spiro atoms. The molecule has 0 aliphatic rings. The van der Waals surface area contributed by atoms with E-state index >= 15 is 0 Å². The normalized spacial score (nSPS) is 10.4. The standard InChI is InChI=1S/C16H11BrN4O/c1-10-6-15(19-9-14(10)17)21-16(22)13(8-20-21)12-4-2-11(7-18)3-5-12/h2-6,8-9,20H,1H3. The first kappa shape index (κ1) is 14.3.